The van der Waals surface area contributed by atoms with Gasteiger partial charge in [0, 0.05) is 25.4 Å². The highest BCUT2D eigenvalue weighted by Gasteiger charge is 2.25. The van der Waals surface area contributed by atoms with E-state index in [9.17, 15) is 14.4 Å². The lowest BCUT2D eigenvalue weighted by Gasteiger charge is -2.25. The van der Waals surface area contributed by atoms with Gasteiger partial charge >= 0.3 is 0 Å². The molecule has 0 bridgehead atoms. The number of aryl methyl sites for hydroxylation is 1. The Hall–Kier alpha value is -2.18. The Morgan fingerprint density at radius 3 is 2.65 bits per heavy atom. The molecule has 1 saturated heterocycles. The second kappa shape index (κ2) is 4.77. The van der Waals surface area contributed by atoms with Gasteiger partial charge in [0.2, 0.25) is 17.7 Å². The summed E-state index contributed by atoms with van der Waals surface area (Å²) in [6.45, 7) is 0.339. The van der Waals surface area contributed by atoms with E-state index in [2.05, 4.69) is 10.4 Å². The average molecular weight is 236 g/mol. The Bertz CT molecular complexity index is 424. The quantitative estimate of drug-likeness (QED) is 0.665. The zero-order valence-electron chi connectivity index (χ0n) is 9.13. The normalized spacial score (nSPS) is 15.9. The lowest BCUT2D eigenvalue weighted by molar-refractivity contribution is -0.145. The fourth-order valence-corrected chi connectivity index (χ4v) is 1.61. The van der Waals surface area contributed by atoms with Crippen LogP contribution in [0, 0.1) is 0 Å². The summed E-state index contributed by atoms with van der Waals surface area (Å²) in [4.78, 5) is 35.1. The molecule has 90 valence electrons. The van der Waals surface area contributed by atoms with Crippen LogP contribution < -0.4 is 5.32 Å². The number of carbonyl (C=O) groups is 3. The van der Waals surface area contributed by atoms with Gasteiger partial charge < -0.3 is 4.90 Å². The molecule has 0 aliphatic carbocycles. The predicted octanol–water partition coefficient (Wildman–Crippen LogP) is -1.24. The first-order chi connectivity index (χ1) is 8.15. The molecule has 1 aliphatic rings. The van der Waals surface area contributed by atoms with Gasteiger partial charge in [-0.15, -0.1) is 0 Å². The third kappa shape index (κ3) is 2.90. The van der Waals surface area contributed by atoms with Crippen LogP contribution in [-0.2, 0) is 20.9 Å². The number of carbonyl (C=O) groups excluding carboxylic acids is 3. The van der Waals surface area contributed by atoms with Crippen LogP contribution in [0.4, 0.5) is 0 Å². The van der Waals surface area contributed by atoms with Crippen LogP contribution >= 0.6 is 0 Å². The number of hydrogen-bond acceptors (Lipinski definition) is 4. The Morgan fingerprint density at radius 2 is 2.06 bits per heavy atom. The number of aromatic nitrogens is 2. The van der Waals surface area contributed by atoms with Crippen LogP contribution in [0.3, 0.4) is 0 Å². The Kier molecular flexibility index (Phi) is 3.17. The first kappa shape index (κ1) is 11.3. The fourth-order valence-electron chi connectivity index (χ4n) is 1.61. The van der Waals surface area contributed by atoms with Crippen LogP contribution in [0.1, 0.15) is 6.42 Å². The van der Waals surface area contributed by atoms with Gasteiger partial charge in [0.25, 0.3) is 0 Å². The Balaban J connectivity index is 1.87. The molecule has 0 atom stereocenters. The molecule has 0 aromatic carbocycles. The van der Waals surface area contributed by atoms with Gasteiger partial charge in [-0.05, 0) is 6.07 Å². The molecule has 7 nitrogen and oxygen atoms in total. The van der Waals surface area contributed by atoms with Crippen molar-refractivity contribution in [3.8, 4) is 0 Å². The summed E-state index contributed by atoms with van der Waals surface area (Å²) in [6.07, 6.45) is 3.60. The molecule has 0 spiro atoms. The van der Waals surface area contributed by atoms with Gasteiger partial charge in [-0.25, -0.2) is 0 Å². The molecule has 2 heterocycles. The minimum atomic E-state index is -0.436. The monoisotopic (exact) mass is 236 g/mol. The zero-order chi connectivity index (χ0) is 12.3. The van der Waals surface area contributed by atoms with E-state index in [4.69, 9.17) is 0 Å². The summed E-state index contributed by atoms with van der Waals surface area (Å²) in [7, 11) is 0. The fraction of sp³-hybridized carbons (Fsp3) is 0.400. The third-order valence-electron chi connectivity index (χ3n) is 2.41. The number of nitrogens with zero attached hydrogens (tertiary/aromatic N) is 3. The highest BCUT2D eigenvalue weighted by atomic mass is 16.2. The van der Waals surface area contributed by atoms with Gasteiger partial charge in [-0.2, -0.15) is 5.10 Å². The van der Waals surface area contributed by atoms with Crippen LogP contribution in [0.25, 0.3) is 0 Å². The predicted molar refractivity (Wildman–Crippen MR) is 56.6 cm³/mol. The first-order valence-electron chi connectivity index (χ1n) is 5.23. The third-order valence-corrected chi connectivity index (χ3v) is 2.41. The molecule has 1 fully saturated rings. The number of nitrogens with one attached hydrogen (secondary N) is 1. The summed E-state index contributed by atoms with van der Waals surface area (Å²) in [5, 5.41) is 6.11. The Labute approximate surface area is 97.4 Å². The summed E-state index contributed by atoms with van der Waals surface area (Å²) in [6, 6.07) is 1.77. The maximum absolute atomic E-state index is 11.7. The highest BCUT2D eigenvalue weighted by molar-refractivity contribution is 6.02. The number of amides is 3. The van der Waals surface area contributed by atoms with Crippen LogP contribution in [0.2, 0.25) is 0 Å². The number of rotatable bonds is 3. The van der Waals surface area contributed by atoms with Crippen molar-refractivity contribution in [1.29, 1.82) is 0 Å². The van der Waals surface area contributed by atoms with Crippen molar-refractivity contribution in [3.05, 3.63) is 18.5 Å². The van der Waals surface area contributed by atoms with Crippen molar-refractivity contribution in [3.63, 3.8) is 0 Å². The lowest BCUT2D eigenvalue weighted by Crippen LogP contribution is -2.53. The van der Waals surface area contributed by atoms with Crippen molar-refractivity contribution in [1.82, 2.24) is 20.0 Å². The lowest BCUT2D eigenvalue weighted by atomic mass is 10.3. The smallest absolute Gasteiger partial charge is 0.246 e. The molecule has 0 radical (unpaired) electrons. The van der Waals surface area contributed by atoms with E-state index in [1.165, 1.54) is 4.90 Å². The summed E-state index contributed by atoms with van der Waals surface area (Å²) < 4.78 is 1.63. The molecule has 3 amide bonds. The van der Waals surface area contributed by atoms with Crippen molar-refractivity contribution in [2.75, 3.05) is 13.1 Å². The molecule has 2 rings (SSSR count). The van der Waals surface area contributed by atoms with Gasteiger partial charge in [-0.1, -0.05) is 0 Å². The Morgan fingerprint density at radius 1 is 1.35 bits per heavy atom. The maximum atomic E-state index is 11.7. The SMILES string of the molecule is O=C1CN(C(=O)CCn2cccn2)CC(=O)N1. The van der Waals surface area contributed by atoms with E-state index < -0.39 is 11.8 Å². The van der Waals surface area contributed by atoms with E-state index in [1.54, 1.807) is 23.1 Å². The average Bonchev–Trinajstić information content (AvgIpc) is 2.77. The van der Waals surface area contributed by atoms with Gasteiger partial charge in [0.15, 0.2) is 0 Å². The summed E-state index contributed by atoms with van der Waals surface area (Å²) in [5.41, 5.74) is 0. The van der Waals surface area contributed by atoms with Gasteiger partial charge in [0.05, 0.1) is 0 Å². The van der Waals surface area contributed by atoms with Crippen molar-refractivity contribution >= 4 is 17.7 Å². The molecule has 1 aliphatic heterocycles. The summed E-state index contributed by atoms with van der Waals surface area (Å²) >= 11 is 0. The number of imide groups is 1. The minimum Gasteiger partial charge on any atom is -0.324 e. The van der Waals surface area contributed by atoms with Crippen LogP contribution in [0.5, 0.6) is 0 Å². The first-order valence-corrected chi connectivity index (χ1v) is 5.23. The number of piperazine rings is 1. The van der Waals surface area contributed by atoms with Crippen molar-refractivity contribution < 1.29 is 14.4 Å². The maximum Gasteiger partial charge on any atom is 0.246 e. The topological polar surface area (TPSA) is 84.3 Å². The zero-order valence-corrected chi connectivity index (χ0v) is 9.13. The molecule has 1 aromatic heterocycles. The minimum absolute atomic E-state index is 0.0519. The van der Waals surface area contributed by atoms with E-state index in [-0.39, 0.29) is 25.4 Å². The standard InChI is InChI=1S/C10H12N4O3/c15-8-6-13(7-9(16)12-8)10(17)2-5-14-4-1-3-11-14/h1,3-4H,2,5-7H2,(H,12,15,16). The van der Waals surface area contributed by atoms with E-state index in [0.29, 0.717) is 6.54 Å². The largest absolute Gasteiger partial charge is 0.324 e. The summed E-state index contributed by atoms with van der Waals surface area (Å²) in [5.74, 6) is -1.09. The van der Waals surface area contributed by atoms with E-state index >= 15 is 0 Å². The molecule has 0 saturated carbocycles. The van der Waals surface area contributed by atoms with E-state index in [0.717, 1.165) is 0 Å². The number of hydrogen-bond donors (Lipinski definition) is 1. The van der Waals surface area contributed by atoms with Crippen molar-refractivity contribution in [2.24, 2.45) is 0 Å². The van der Waals surface area contributed by atoms with E-state index in [1.807, 2.05) is 0 Å². The second-order valence-corrected chi connectivity index (χ2v) is 3.74. The van der Waals surface area contributed by atoms with Crippen molar-refractivity contribution in [2.45, 2.75) is 13.0 Å². The molecule has 7 heteroatoms. The van der Waals surface area contributed by atoms with Crippen LogP contribution in [0.15, 0.2) is 18.5 Å². The highest BCUT2D eigenvalue weighted by Crippen LogP contribution is 2.00. The molecule has 17 heavy (non-hydrogen) atoms. The second-order valence-electron chi connectivity index (χ2n) is 3.74. The van der Waals surface area contributed by atoms with Crippen LogP contribution in [-0.4, -0.2) is 45.5 Å². The molecule has 0 unspecified atom stereocenters. The molecule has 1 N–H and O–H groups in total. The van der Waals surface area contributed by atoms with Gasteiger partial charge in [-0.3, -0.25) is 24.4 Å². The molecular formula is C10H12N4O3. The molecular weight excluding hydrogens is 224 g/mol. The molecule has 1 aromatic rings. The van der Waals surface area contributed by atoms with Gasteiger partial charge in [0.1, 0.15) is 13.1 Å².